The summed E-state index contributed by atoms with van der Waals surface area (Å²) in [7, 11) is 0. The molecule has 280 valence electrons. The summed E-state index contributed by atoms with van der Waals surface area (Å²) in [5, 5.41) is 33.2. The average molecular weight is 666 g/mol. The molecule has 0 aromatic carbocycles. The van der Waals surface area contributed by atoms with Crippen LogP contribution in [0.4, 0.5) is 0 Å². The van der Waals surface area contributed by atoms with E-state index in [1.807, 2.05) is 0 Å². The highest BCUT2D eigenvalue weighted by atomic mass is 16.3. The molecule has 0 aliphatic carbocycles. The maximum absolute atomic E-state index is 12.4. The van der Waals surface area contributed by atoms with Crippen molar-refractivity contribution in [1.82, 2.24) is 5.32 Å². The van der Waals surface area contributed by atoms with E-state index in [1.54, 1.807) is 0 Å². The number of aliphatic hydroxyl groups is 3. The second-order valence-electron chi connectivity index (χ2n) is 14.6. The lowest BCUT2D eigenvalue weighted by Gasteiger charge is -2.23. The monoisotopic (exact) mass is 666 g/mol. The highest BCUT2D eigenvalue weighted by Gasteiger charge is 2.23. The smallest absolute Gasteiger partial charge is 0.249 e. The fraction of sp³-hybridized carbons (Fsp3) is 0.929. The molecule has 0 saturated heterocycles. The number of hydrogen-bond acceptors (Lipinski definition) is 4. The van der Waals surface area contributed by atoms with Gasteiger partial charge in [-0.15, -0.1) is 0 Å². The molecule has 0 heterocycles. The number of allylic oxidation sites excluding steroid dienone is 2. The van der Waals surface area contributed by atoms with Crippen LogP contribution in [0.15, 0.2) is 12.2 Å². The van der Waals surface area contributed by atoms with Crippen molar-refractivity contribution in [3.05, 3.63) is 12.2 Å². The van der Waals surface area contributed by atoms with E-state index in [2.05, 4.69) is 31.3 Å². The van der Waals surface area contributed by atoms with Gasteiger partial charge in [0.15, 0.2) is 0 Å². The molecule has 0 saturated carbocycles. The van der Waals surface area contributed by atoms with Crippen LogP contribution in [0.1, 0.15) is 226 Å². The van der Waals surface area contributed by atoms with Crippen molar-refractivity contribution in [2.75, 3.05) is 6.61 Å². The van der Waals surface area contributed by atoms with Crippen molar-refractivity contribution < 1.29 is 20.1 Å². The second kappa shape index (κ2) is 37.9. The number of carbonyl (C=O) groups is 1. The van der Waals surface area contributed by atoms with E-state index < -0.39 is 24.2 Å². The molecule has 0 radical (unpaired) electrons. The molecule has 0 aliphatic rings. The molecule has 0 bridgehead atoms. The summed E-state index contributed by atoms with van der Waals surface area (Å²) in [6.45, 7) is 4.22. The summed E-state index contributed by atoms with van der Waals surface area (Å²) < 4.78 is 0. The molecule has 47 heavy (non-hydrogen) atoms. The number of amides is 1. The zero-order chi connectivity index (χ0) is 34.5. The molecule has 4 N–H and O–H groups in total. The zero-order valence-electron chi connectivity index (χ0n) is 31.7. The van der Waals surface area contributed by atoms with Crippen LogP contribution in [0.5, 0.6) is 0 Å². The Kier molecular flexibility index (Phi) is 37.2. The van der Waals surface area contributed by atoms with Gasteiger partial charge < -0.3 is 20.6 Å². The molecular formula is C42H83NO4. The molecular weight excluding hydrogens is 582 g/mol. The fourth-order valence-electron chi connectivity index (χ4n) is 6.54. The Hall–Kier alpha value is -0.910. The second-order valence-corrected chi connectivity index (χ2v) is 14.6. The molecule has 0 rings (SSSR count). The van der Waals surface area contributed by atoms with Gasteiger partial charge in [0.2, 0.25) is 5.91 Å². The van der Waals surface area contributed by atoms with E-state index in [1.165, 1.54) is 167 Å². The van der Waals surface area contributed by atoms with Gasteiger partial charge in [-0.25, -0.2) is 0 Å². The molecule has 5 nitrogen and oxygen atoms in total. The Morgan fingerprint density at radius 1 is 0.489 bits per heavy atom. The lowest BCUT2D eigenvalue weighted by molar-refractivity contribution is -0.131. The third kappa shape index (κ3) is 33.4. The number of aliphatic hydroxyl groups excluding tert-OH is 3. The summed E-state index contributed by atoms with van der Waals surface area (Å²) in [5.74, 6) is -0.474. The molecule has 0 aromatic rings. The van der Waals surface area contributed by atoms with Crippen molar-refractivity contribution in [2.45, 2.75) is 244 Å². The largest absolute Gasteiger partial charge is 0.394 e. The van der Waals surface area contributed by atoms with Gasteiger partial charge in [0, 0.05) is 0 Å². The van der Waals surface area contributed by atoms with E-state index in [-0.39, 0.29) is 6.61 Å². The summed E-state index contributed by atoms with van der Waals surface area (Å²) >= 11 is 0. The van der Waals surface area contributed by atoms with Crippen LogP contribution in [-0.4, -0.2) is 46.1 Å². The number of unbranched alkanes of at least 4 members (excludes halogenated alkanes) is 28. The first kappa shape index (κ1) is 46.1. The Morgan fingerprint density at radius 3 is 1.19 bits per heavy atom. The molecule has 1 amide bonds. The van der Waals surface area contributed by atoms with Crippen LogP contribution in [0.3, 0.4) is 0 Å². The van der Waals surface area contributed by atoms with E-state index in [9.17, 15) is 20.1 Å². The van der Waals surface area contributed by atoms with Gasteiger partial charge in [-0.1, -0.05) is 199 Å². The van der Waals surface area contributed by atoms with Crippen LogP contribution in [0, 0.1) is 0 Å². The maximum Gasteiger partial charge on any atom is 0.249 e. The Labute approximate surface area is 293 Å². The molecule has 0 aliphatic heterocycles. The first-order chi connectivity index (χ1) is 23.1. The van der Waals surface area contributed by atoms with Crippen LogP contribution in [0.25, 0.3) is 0 Å². The normalized spacial score (nSPS) is 13.7. The Bertz CT molecular complexity index is 655. The molecule has 3 atom stereocenters. The van der Waals surface area contributed by atoms with Gasteiger partial charge in [0.05, 0.1) is 18.8 Å². The van der Waals surface area contributed by atoms with Gasteiger partial charge in [0.1, 0.15) is 6.10 Å². The highest BCUT2D eigenvalue weighted by molar-refractivity contribution is 5.80. The van der Waals surface area contributed by atoms with Crippen molar-refractivity contribution in [1.29, 1.82) is 0 Å². The average Bonchev–Trinajstić information content (AvgIpc) is 3.07. The predicted octanol–water partition coefficient (Wildman–Crippen LogP) is 11.7. The minimum atomic E-state index is -1.08. The van der Waals surface area contributed by atoms with E-state index in [0.717, 1.165) is 32.1 Å². The molecule has 5 heteroatoms. The quantitative estimate of drug-likeness (QED) is 0.0390. The van der Waals surface area contributed by atoms with Crippen molar-refractivity contribution >= 4 is 5.91 Å². The summed E-state index contributed by atoms with van der Waals surface area (Å²) in [5.41, 5.74) is 0. The summed E-state index contributed by atoms with van der Waals surface area (Å²) in [6.07, 6.45) is 43.4. The highest BCUT2D eigenvalue weighted by Crippen LogP contribution is 2.16. The SMILES string of the molecule is CCCCCC/C=C\CCCCCCCCC(O)C(=O)NC(CO)C(O)CCCCCCCCCCCCCCCCCCCCC. The van der Waals surface area contributed by atoms with Crippen molar-refractivity contribution in [3.8, 4) is 0 Å². The number of rotatable bonds is 38. The van der Waals surface area contributed by atoms with Gasteiger partial charge in [-0.3, -0.25) is 4.79 Å². The third-order valence-corrected chi connectivity index (χ3v) is 9.88. The molecule has 0 aromatic heterocycles. The Balaban J connectivity index is 3.62. The summed E-state index contributed by atoms with van der Waals surface area (Å²) in [4.78, 5) is 12.4. The minimum absolute atomic E-state index is 0.313. The standard InChI is InChI=1S/C42H83NO4/c1-3-5-7-9-11-13-15-17-19-20-21-22-23-25-26-28-30-32-34-36-40(45)39(38-44)43-42(47)41(46)37-35-33-31-29-27-24-18-16-14-12-10-8-6-4-2/h14,16,39-41,44-46H,3-13,15,17-38H2,1-2H3,(H,43,47)/b16-14-. The van der Waals surface area contributed by atoms with Crippen LogP contribution >= 0.6 is 0 Å². The third-order valence-electron chi connectivity index (χ3n) is 9.88. The molecule has 3 unspecified atom stereocenters. The molecule has 0 fully saturated rings. The number of nitrogens with one attached hydrogen (secondary N) is 1. The number of carbonyl (C=O) groups excluding carboxylic acids is 1. The number of hydrogen-bond donors (Lipinski definition) is 4. The van der Waals surface area contributed by atoms with E-state index in [0.29, 0.717) is 12.8 Å². The van der Waals surface area contributed by atoms with Crippen LogP contribution in [-0.2, 0) is 4.79 Å². The first-order valence-corrected chi connectivity index (χ1v) is 21.0. The molecule has 0 spiro atoms. The lowest BCUT2D eigenvalue weighted by Crippen LogP contribution is -2.49. The minimum Gasteiger partial charge on any atom is -0.394 e. The maximum atomic E-state index is 12.4. The fourth-order valence-corrected chi connectivity index (χ4v) is 6.54. The van der Waals surface area contributed by atoms with E-state index >= 15 is 0 Å². The topological polar surface area (TPSA) is 89.8 Å². The summed E-state index contributed by atoms with van der Waals surface area (Å²) in [6, 6.07) is -0.710. The zero-order valence-corrected chi connectivity index (χ0v) is 31.7. The predicted molar refractivity (Wildman–Crippen MR) is 204 cm³/mol. The van der Waals surface area contributed by atoms with E-state index in [4.69, 9.17) is 0 Å². The van der Waals surface area contributed by atoms with Gasteiger partial charge >= 0.3 is 0 Å². The van der Waals surface area contributed by atoms with Crippen LogP contribution in [0.2, 0.25) is 0 Å². The van der Waals surface area contributed by atoms with Crippen molar-refractivity contribution in [3.63, 3.8) is 0 Å². The Morgan fingerprint density at radius 2 is 0.809 bits per heavy atom. The van der Waals surface area contributed by atoms with Gasteiger partial charge in [-0.2, -0.15) is 0 Å². The lowest BCUT2D eigenvalue weighted by atomic mass is 10.0. The first-order valence-electron chi connectivity index (χ1n) is 21.0. The van der Waals surface area contributed by atoms with Gasteiger partial charge in [-0.05, 0) is 38.5 Å². The van der Waals surface area contributed by atoms with Crippen molar-refractivity contribution in [2.24, 2.45) is 0 Å². The van der Waals surface area contributed by atoms with Gasteiger partial charge in [0.25, 0.3) is 0 Å². The van der Waals surface area contributed by atoms with Crippen LogP contribution < -0.4 is 5.32 Å².